The average Bonchev–Trinajstić information content (AvgIpc) is 2.66. The highest BCUT2D eigenvalue weighted by molar-refractivity contribution is 7.99. The van der Waals surface area contributed by atoms with E-state index in [9.17, 15) is 4.79 Å². The Morgan fingerprint density at radius 2 is 2.12 bits per heavy atom. The van der Waals surface area contributed by atoms with E-state index in [0.29, 0.717) is 5.16 Å². The van der Waals surface area contributed by atoms with Crippen LogP contribution in [0.2, 0.25) is 0 Å². The molecule has 7 nitrogen and oxygen atoms in total. The molecule has 0 unspecified atom stereocenters. The van der Waals surface area contributed by atoms with Crippen molar-refractivity contribution in [3.8, 4) is 0 Å². The molecule has 1 aromatic carbocycles. The molecular formula is C8H8N6OS. The molecule has 8 heteroatoms. The number of nitrogens with one attached hydrogen (secondary N) is 1. The summed E-state index contributed by atoms with van der Waals surface area (Å²) in [6, 6.07) is 8.81. The number of primary amides is 1. The summed E-state index contributed by atoms with van der Waals surface area (Å²) in [7, 11) is 0. The molecule has 3 N–H and O–H groups in total. The van der Waals surface area contributed by atoms with Crippen molar-refractivity contribution in [2.45, 2.75) is 10.1 Å². The first-order valence-electron chi connectivity index (χ1n) is 4.33. The lowest BCUT2D eigenvalue weighted by Crippen LogP contribution is -2.29. The van der Waals surface area contributed by atoms with Crippen molar-refractivity contribution in [2.75, 3.05) is 5.43 Å². The van der Waals surface area contributed by atoms with E-state index in [1.165, 1.54) is 11.8 Å². The van der Waals surface area contributed by atoms with Crippen LogP contribution in [-0.2, 0) is 0 Å². The minimum absolute atomic E-state index is 0.435. The Morgan fingerprint density at radius 3 is 2.81 bits per heavy atom. The highest BCUT2D eigenvalue weighted by Crippen LogP contribution is 2.23. The van der Waals surface area contributed by atoms with Crippen molar-refractivity contribution in [1.82, 2.24) is 20.3 Å². The number of benzene rings is 1. The molecule has 16 heavy (non-hydrogen) atoms. The summed E-state index contributed by atoms with van der Waals surface area (Å²) < 4.78 is 0. The number of hydrogen-bond acceptors (Lipinski definition) is 5. The normalized spacial score (nSPS) is 10.0. The summed E-state index contributed by atoms with van der Waals surface area (Å²) >= 11 is 1.32. The van der Waals surface area contributed by atoms with Gasteiger partial charge in [0.15, 0.2) is 0 Å². The van der Waals surface area contributed by atoms with Crippen molar-refractivity contribution in [3.05, 3.63) is 30.3 Å². The third-order valence-corrected chi connectivity index (χ3v) is 2.55. The first-order valence-corrected chi connectivity index (χ1v) is 5.15. The molecule has 2 amide bonds. The number of carbonyl (C=O) groups is 1. The molecule has 0 bridgehead atoms. The van der Waals surface area contributed by atoms with Crippen LogP contribution in [0.5, 0.6) is 0 Å². The first kappa shape index (κ1) is 10.4. The smallest absolute Gasteiger partial charge is 0.332 e. The number of carbonyl (C=O) groups excluding carboxylic acids is 1. The lowest BCUT2D eigenvalue weighted by molar-refractivity contribution is 0.255. The number of tetrazole rings is 1. The van der Waals surface area contributed by atoms with Crippen molar-refractivity contribution in [3.63, 3.8) is 0 Å². The zero-order chi connectivity index (χ0) is 11.4. The summed E-state index contributed by atoms with van der Waals surface area (Å²) in [5.41, 5.74) is 7.24. The van der Waals surface area contributed by atoms with Crippen molar-refractivity contribution >= 4 is 17.8 Å². The molecule has 2 rings (SSSR count). The second kappa shape index (κ2) is 4.62. The van der Waals surface area contributed by atoms with E-state index in [4.69, 9.17) is 5.73 Å². The topological polar surface area (TPSA) is 98.7 Å². The SMILES string of the molecule is NC(=O)Nn1nnnc1Sc1ccccc1. The van der Waals surface area contributed by atoms with E-state index in [1.807, 2.05) is 30.3 Å². The van der Waals surface area contributed by atoms with Gasteiger partial charge >= 0.3 is 6.03 Å². The van der Waals surface area contributed by atoms with Gasteiger partial charge in [-0.15, -0.1) is 4.79 Å². The van der Waals surface area contributed by atoms with Gasteiger partial charge in [-0.3, -0.25) is 0 Å². The van der Waals surface area contributed by atoms with Gasteiger partial charge in [0.25, 0.3) is 0 Å². The van der Waals surface area contributed by atoms with Gasteiger partial charge in [-0.2, -0.15) is 0 Å². The molecule has 0 aliphatic rings. The first-order chi connectivity index (χ1) is 7.75. The fourth-order valence-corrected chi connectivity index (χ4v) is 1.76. The molecule has 0 radical (unpaired) electrons. The minimum atomic E-state index is -0.720. The van der Waals surface area contributed by atoms with Crippen LogP contribution in [-0.4, -0.2) is 26.3 Å². The maximum atomic E-state index is 10.7. The van der Waals surface area contributed by atoms with Gasteiger partial charge in [0, 0.05) is 4.90 Å². The lowest BCUT2D eigenvalue weighted by atomic mass is 10.4. The Morgan fingerprint density at radius 1 is 1.38 bits per heavy atom. The zero-order valence-corrected chi connectivity index (χ0v) is 8.89. The van der Waals surface area contributed by atoms with Gasteiger partial charge in [-0.25, -0.2) is 10.2 Å². The van der Waals surface area contributed by atoms with Crippen LogP contribution in [0.25, 0.3) is 0 Å². The second-order valence-corrected chi connectivity index (χ2v) is 3.81. The number of nitrogens with two attached hydrogens (primary N) is 1. The standard InChI is InChI=1S/C8H8N6OS/c9-7(15)11-14-8(10-12-13-14)16-6-4-2-1-3-5-6/h1-5H,(H3,9,11,15). The van der Waals surface area contributed by atoms with Crippen molar-refractivity contribution in [2.24, 2.45) is 5.73 Å². The van der Waals surface area contributed by atoms with E-state index in [2.05, 4.69) is 21.0 Å². The average molecular weight is 236 g/mol. The van der Waals surface area contributed by atoms with Crippen LogP contribution < -0.4 is 11.2 Å². The highest BCUT2D eigenvalue weighted by Gasteiger charge is 2.08. The molecule has 82 valence electrons. The molecule has 0 saturated carbocycles. The van der Waals surface area contributed by atoms with Gasteiger partial charge in [-0.1, -0.05) is 23.3 Å². The summed E-state index contributed by atoms with van der Waals surface area (Å²) in [6.07, 6.45) is 0. The van der Waals surface area contributed by atoms with Crippen LogP contribution >= 0.6 is 11.8 Å². The number of urea groups is 1. The Bertz CT molecular complexity index is 484. The van der Waals surface area contributed by atoms with E-state index in [1.54, 1.807) is 0 Å². The molecular weight excluding hydrogens is 228 g/mol. The Balaban J connectivity index is 2.16. The molecule has 0 aliphatic carbocycles. The maximum absolute atomic E-state index is 10.7. The van der Waals surface area contributed by atoms with Crippen LogP contribution in [0.4, 0.5) is 4.79 Å². The maximum Gasteiger partial charge on any atom is 0.332 e. The summed E-state index contributed by atoms with van der Waals surface area (Å²) in [6.45, 7) is 0. The predicted octanol–water partition coefficient (Wildman–Crippen LogP) is 0.446. The van der Waals surface area contributed by atoms with E-state index < -0.39 is 6.03 Å². The van der Waals surface area contributed by atoms with Gasteiger partial charge < -0.3 is 5.73 Å². The number of hydrogen-bond donors (Lipinski definition) is 2. The molecule has 1 aromatic heterocycles. The Kier molecular flexibility index (Phi) is 3.01. The molecule has 1 heterocycles. The van der Waals surface area contributed by atoms with Crippen LogP contribution in [0.3, 0.4) is 0 Å². The number of amides is 2. The van der Waals surface area contributed by atoms with Gasteiger partial charge in [-0.05, 0) is 34.3 Å². The molecule has 0 atom stereocenters. The third-order valence-electron chi connectivity index (χ3n) is 1.61. The van der Waals surface area contributed by atoms with Gasteiger partial charge in [0.05, 0.1) is 0 Å². The summed E-state index contributed by atoms with van der Waals surface area (Å²) in [5.74, 6) is 0. The molecule has 0 aliphatic heterocycles. The van der Waals surface area contributed by atoms with Crippen LogP contribution in [0.15, 0.2) is 40.4 Å². The summed E-state index contributed by atoms with van der Waals surface area (Å²) in [4.78, 5) is 12.7. The fourth-order valence-electron chi connectivity index (χ4n) is 1.01. The van der Waals surface area contributed by atoms with Gasteiger partial charge in [0.1, 0.15) is 0 Å². The van der Waals surface area contributed by atoms with Crippen LogP contribution in [0.1, 0.15) is 0 Å². The summed E-state index contributed by atoms with van der Waals surface area (Å²) in [5, 5.41) is 11.2. The van der Waals surface area contributed by atoms with Crippen molar-refractivity contribution < 1.29 is 4.79 Å². The lowest BCUT2D eigenvalue weighted by Gasteiger charge is -2.02. The van der Waals surface area contributed by atoms with Crippen LogP contribution in [0, 0.1) is 0 Å². The molecule has 2 aromatic rings. The molecule has 0 fully saturated rings. The largest absolute Gasteiger partial charge is 0.350 e. The number of rotatable bonds is 3. The second-order valence-electron chi connectivity index (χ2n) is 2.76. The fraction of sp³-hybridized carbons (Fsp3) is 0. The van der Waals surface area contributed by atoms with E-state index >= 15 is 0 Å². The van der Waals surface area contributed by atoms with E-state index in [-0.39, 0.29) is 0 Å². The quantitative estimate of drug-likeness (QED) is 0.806. The number of nitrogens with zero attached hydrogens (tertiary/aromatic N) is 4. The highest BCUT2D eigenvalue weighted by atomic mass is 32.2. The third kappa shape index (κ3) is 2.48. The molecule has 0 spiro atoms. The van der Waals surface area contributed by atoms with Gasteiger partial charge in [0.2, 0.25) is 5.16 Å². The predicted molar refractivity (Wildman–Crippen MR) is 57.3 cm³/mol. The van der Waals surface area contributed by atoms with E-state index in [0.717, 1.165) is 9.69 Å². The zero-order valence-electron chi connectivity index (χ0n) is 8.07. The Labute approximate surface area is 95.0 Å². The molecule has 0 saturated heterocycles. The Hall–Kier alpha value is -2.09. The van der Waals surface area contributed by atoms with Crippen molar-refractivity contribution in [1.29, 1.82) is 0 Å². The monoisotopic (exact) mass is 236 g/mol. The number of aromatic nitrogens is 4. The minimum Gasteiger partial charge on any atom is -0.350 e.